The predicted molar refractivity (Wildman–Crippen MR) is 148 cm³/mol. The van der Waals surface area contributed by atoms with Crippen LogP contribution in [0.4, 0.5) is 5.69 Å². The van der Waals surface area contributed by atoms with Crippen molar-refractivity contribution in [3.8, 4) is 17.2 Å². The average molecular weight is 478 g/mol. The number of unbranched alkanes of at least 4 members (excludes halogenated alkanes) is 9. The number of carbonyl (C=O) groups is 1. The minimum Gasteiger partial charge on any atom is -0.493 e. The number of nitrogens with one attached hydrogen (secondary N) is 1. The highest BCUT2D eigenvalue weighted by Gasteiger charge is 2.12. The molecule has 1 amide bonds. The van der Waals surface area contributed by atoms with E-state index in [2.05, 4.69) is 43.3 Å². The number of hydrogen-bond acceptors (Lipinski definition) is 2. The lowest BCUT2D eigenvalue weighted by molar-refractivity contribution is 0.102. The molecule has 184 valence electrons. The molecule has 2 rings (SSSR count). The Bertz CT molecular complexity index is 919. The summed E-state index contributed by atoms with van der Waals surface area (Å²) in [6.07, 6.45) is 12.9. The van der Waals surface area contributed by atoms with E-state index in [4.69, 9.17) is 4.74 Å². The summed E-state index contributed by atoms with van der Waals surface area (Å²) in [4.78, 5) is 12.9. The van der Waals surface area contributed by atoms with Crippen LogP contribution >= 0.6 is 0 Å². The third-order valence-electron chi connectivity index (χ3n) is 5.61. The number of benzene rings is 2. The summed E-state index contributed by atoms with van der Waals surface area (Å²) in [5.74, 6) is 3.73. The molecule has 0 bridgehead atoms. The highest BCUT2D eigenvalue weighted by atomic mass is 28.3. The van der Waals surface area contributed by atoms with Gasteiger partial charge in [-0.2, -0.15) is 0 Å². The van der Waals surface area contributed by atoms with E-state index in [0.29, 0.717) is 17.9 Å². The molecule has 0 heterocycles. The van der Waals surface area contributed by atoms with Gasteiger partial charge in [0.1, 0.15) is 13.8 Å². The Labute approximate surface area is 208 Å². The van der Waals surface area contributed by atoms with Crippen LogP contribution in [0.5, 0.6) is 5.75 Å². The molecule has 0 spiro atoms. The first-order chi connectivity index (χ1) is 16.4. The van der Waals surface area contributed by atoms with Gasteiger partial charge >= 0.3 is 0 Å². The van der Waals surface area contributed by atoms with Crippen LogP contribution in [0, 0.1) is 11.5 Å². The van der Waals surface area contributed by atoms with Gasteiger partial charge in [-0.25, -0.2) is 0 Å². The zero-order valence-electron chi connectivity index (χ0n) is 21.7. The van der Waals surface area contributed by atoms with Crippen molar-refractivity contribution in [3.63, 3.8) is 0 Å². The summed E-state index contributed by atoms with van der Waals surface area (Å²) in [6.45, 7) is 9.59. The Morgan fingerprint density at radius 1 is 0.824 bits per heavy atom. The fourth-order valence-electron chi connectivity index (χ4n) is 3.65. The molecular weight excluding hydrogens is 434 g/mol. The second-order valence-electron chi connectivity index (χ2n) is 10.1. The zero-order chi connectivity index (χ0) is 24.7. The maximum atomic E-state index is 12.9. The standard InChI is InChI=1S/C30H43NO2Si/c1-5-6-7-8-9-10-11-12-13-16-24-33-29-18-15-14-17-28(29)30(32)31-27-21-19-26(20-22-27)23-25-34(2,3)4/h14-15,17-22H,5-13,16,24H2,1-4H3,(H,31,32). The van der Waals surface area contributed by atoms with E-state index in [-0.39, 0.29) is 5.91 Å². The largest absolute Gasteiger partial charge is 0.493 e. The van der Waals surface area contributed by atoms with Gasteiger partial charge in [0.25, 0.3) is 5.91 Å². The van der Waals surface area contributed by atoms with E-state index in [1.807, 2.05) is 48.5 Å². The van der Waals surface area contributed by atoms with E-state index < -0.39 is 8.07 Å². The SMILES string of the molecule is CCCCCCCCCCCCOc1ccccc1C(=O)Nc1ccc(C#C[Si](C)(C)C)cc1. The van der Waals surface area contributed by atoms with Crippen LogP contribution < -0.4 is 10.1 Å². The molecule has 2 aromatic carbocycles. The summed E-state index contributed by atoms with van der Waals surface area (Å²) in [5.41, 5.74) is 5.66. The van der Waals surface area contributed by atoms with Crippen molar-refractivity contribution in [2.24, 2.45) is 0 Å². The maximum Gasteiger partial charge on any atom is 0.259 e. The molecule has 1 N–H and O–H groups in total. The lowest BCUT2D eigenvalue weighted by atomic mass is 10.1. The highest BCUT2D eigenvalue weighted by molar-refractivity contribution is 6.83. The minimum atomic E-state index is -1.40. The van der Waals surface area contributed by atoms with Crippen molar-refractivity contribution in [2.75, 3.05) is 11.9 Å². The summed E-state index contributed by atoms with van der Waals surface area (Å²) in [6, 6.07) is 15.2. The number of rotatable bonds is 14. The Hall–Kier alpha value is -2.51. The molecule has 0 fully saturated rings. The third-order valence-corrected chi connectivity index (χ3v) is 6.49. The van der Waals surface area contributed by atoms with Crippen molar-refractivity contribution in [2.45, 2.75) is 90.8 Å². The molecule has 4 heteroatoms. The van der Waals surface area contributed by atoms with Crippen LogP contribution in [-0.2, 0) is 0 Å². The van der Waals surface area contributed by atoms with Gasteiger partial charge in [-0.1, -0.05) is 102 Å². The molecule has 0 aliphatic carbocycles. The molecule has 0 atom stereocenters. The van der Waals surface area contributed by atoms with E-state index in [9.17, 15) is 4.79 Å². The Morgan fingerprint density at radius 3 is 2.03 bits per heavy atom. The predicted octanol–water partition coefficient (Wildman–Crippen LogP) is 8.47. The fraction of sp³-hybridized carbons (Fsp3) is 0.500. The molecule has 2 aromatic rings. The quantitative estimate of drug-likeness (QED) is 0.168. The van der Waals surface area contributed by atoms with Gasteiger partial charge in [0.05, 0.1) is 12.2 Å². The summed E-state index contributed by atoms with van der Waals surface area (Å²) in [7, 11) is -1.40. The molecule has 3 nitrogen and oxygen atoms in total. The number of amides is 1. The fourth-order valence-corrected chi connectivity index (χ4v) is 4.17. The molecule has 0 saturated heterocycles. The van der Waals surface area contributed by atoms with E-state index in [1.54, 1.807) is 0 Å². The Morgan fingerprint density at radius 2 is 1.41 bits per heavy atom. The monoisotopic (exact) mass is 477 g/mol. The number of ether oxygens (including phenoxy) is 1. The van der Waals surface area contributed by atoms with Crippen molar-refractivity contribution in [3.05, 3.63) is 59.7 Å². The number of anilines is 1. The van der Waals surface area contributed by atoms with Gasteiger partial charge in [-0.05, 0) is 42.8 Å². The zero-order valence-corrected chi connectivity index (χ0v) is 22.7. The lowest BCUT2D eigenvalue weighted by Gasteiger charge is -2.12. The normalized spacial score (nSPS) is 10.9. The van der Waals surface area contributed by atoms with Crippen LogP contribution in [0.3, 0.4) is 0 Å². The van der Waals surface area contributed by atoms with Gasteiger partial charge in [-0.15, -0.1) is 5.54 Å². The van der Waals surface area contributed by atoms with Gasteiger partial charge in [-0.3, -0.25) is 4.79 Å². The van der Waals surface area contributed by atoms with Crippen LogP contribution in [0.1, 0.15) is 87.1 Å². The average Bonchev–Trinajstić information content (AvgIpc) is 2.82. The van der Waals surface area contributed by atoms with Gasteiger partial charge in [0.15, 0.2) is 0 Å². The molecular formula is C30H43NO2Si. The number of para-hydroxylation sites is 1. The Balaban J connectivity index is 1.75. The van der Waals surface area contributed by atoms with Crippen LogP contribution in [-0.4, -0.2) is 20.6 Å². The van der Waals surface area contributed by atoms with E-state index in [0.717, 1.165) is 17.7 Å². The number of hydrogen-bond donors (Lipinski definition) is 1. The Kier molecular flexibility index (Phi) is 12.6. The lowest BCUT2D eigenvalue weighted by Crippen LogP contribution is -2.16. The minimum absolute atomic E-state index is 0.153. The van der Waals surface area contributed by atoms with Crippen LogP contribution in [0.25, 0.3) is 0 Å². The second-order valence-corrected chi connectivity index (χ2v) is 14.8. The first-order valence-electron chi connectivity index (χ1n) is 13.1. The van der Waals surface area contributed by atoms with Gasteiger partial charge in [0.2, 0.25) is 0 Å². The second kappa shape index (κ2) is 15.4. The van der Waals surface area contributed by atoms with Crippen LogP contribution in [0.15, 0.2) is 48.5 Å². The molecule has 34 heavy (non-hydrogen) atoms. The summed E-state index contributed by atoms with van der Waals surface area (Å²) in [5, 5.41) is 2.98. The molecule has 0 aromatic heterocycles. The van der Waals surface area contributed by atoms with Crippen molar-refractivity contribution >= 4 is 19.7 Å². The maximum absolute atomic E-state index is 12.9. The first-order valence-corrected chi connectivity index (χ1v) is 16.6. The molecule has 0 aliphatic heterocycles. The molecule has 0 radical (unpaired) electrons. The van der Waals surface area contributed by atoms with E-state index >= 15 is 0 Å². The van der Waals surface area contributed by atoms with Crippen molar-refractivity contribution in [1.82, 2.24) is 0 Å². The summed E-state index contributed by atoms with van der Waals surface area (Å²) >= 11 is 0. The third kappa shape index (κ3) is 11.6. The number of carbonyl (C=O) groups excluding carboxylic acids is 1. The first kappa shape index (κ1) is 27.7. The highest BCUT2D eigenvalue weighted by Crippen LogP contribution is 2.21. The van der Waals surface area contributed by atoms with Gasteiger partial charge in [0, 0.05) is 11.3 Å². The smallest absolute Gasteiger partial charge is 0.259 e. The molecule has 0 unspecified atom stereocenters. The summed E-state index contributed by atoms with van der Waals surface area (Å²) < 4.78 is 5.98. The van der Waals surface area contributed by atoms with Crippen LogP contribution in [0.2, 0.25) is 19.6 Å². The van der Waals surface area contributed by atoms with E-state index in [1.165, 1.54) is 57.8 Å². The molecule has 0 aliphatic rings. The van der Waals surface area contributed by atoms with Crippen molar-refractivity contribution in [1.29, 1.82) is 0 Å². The topological polar surface area (TPSA) is 38.3 Å². The molecule has 0 saturated carbocycles. The van der Waals surface area contributed by atoms with Gasteiger partial charge < -0.3 is 10.1 Å². The van der Waals surface area contributed by atoms with Crippen molar-refractivity contribution < 1.29 is 9.53 Å².